The standard InChI is InChI=1S/C57H62N8O5S/c1-35-42(43-21-23-51(60-54(43)56(68)69)65-31-27-38-9-5-10-40(46(38)34-65)33-58-57-59-47-12-3-4-14-50(47)71-57)11-6-13-49(35)70-41-18-15-36(16-19-41)8-7-28-64-29-25-37(26-30-64)39-17-20-44-48(32-39)63(2)62-53(44)45-22-24-52(66)61-55(45)67/h3-6,9-14,17,20-21,23,32,36-37,41,45H,7-8,15-16,18-19,22,24-31,33-34H2,1-2H3,(H,58,59)(H,68,69)(H,61,66,67). The number of carbonyl (C=O) groups is 3. The molecule has 3 fully saturated rings. The van der Waals surface area contributed by atoms with E-state index in [1.165, 1.54) is 35.1 Å². The number of likely N-dealkylation sites (tertiary alicyclic amines) is 1. The summed E-state index contributed by atoms with van der Waals surface area (Å²) in [5.74, 6) is 0.804. The number of imide groups is 1. The van der Waals surface area contributed by atoms with Crippen molar-refractivity contribution in [2.24, 2.45) is 13.0 Å². The molecular formula is C57H62N8O5S. The molecule has 0 radical (unpaired) electrons. The van der Waals surface area contributed by atoms with Gasteiger partial charge in [0.2, 0.25) is 11.8 Å². The normalized spacial score (nSPS) is 20.0. The number of hydrogen-bond donors (Lipinski definition) is 3. The van der Waals surface area contributed by atoms with Gasteiger partial charge >= 0.3 is 5.97 Å². The number of anilines is 2. The van der Waals surface area contributed by atoms with Crippen molar-refractivity contribution in [2.45, 2.75) is 109 Å². The van der Waals surface area contributed by atoms with E-state index in [2.05, 4.69) is 62.9 Å². The Morgan fingerprint density at radius 3 is 2.52 bits per heavy atom. The van der Waals surface area contributed by atoms with Crippen molar-refractivity contribution >= 4 is 61.2 Å². The van der Waals surface area contributed by atoms with Gasteiger partial charge in [-0.25, -0.2) is 14.8 Å². The van der Waals surface area contributed by atoms with E-state index in [0.717, 1.165) is 120 Å². The molecule has 13 nitrogen and oxygen atoms in total. The monoisotopic (exact) mass is 970 g/mol. The zero-order valence-electron chi connectivity index (χ0n) is 40.7. The molecule has 2 amide bonds. The van der Waals surface area contributed by atoms with Gasteiger partial charge in [0, 0.05) is 44.1 Å². The molecule has 7 aromatic rings. The predicted molar refractivity (Wildman–Crippen MR) is 279 cm³/mol. The first kappa shape index (κ1) is 46.7. The van der Waals surface area contributed by atoms with Crippen LogP contribution in [-0.4, -0.2) is 79.8 Å². The molecule has 366 valence electrons. The van der Waals surface area contributed by atoms with Gasteiger partial charge in [-0.3, -0.25) is 19.6 Å². The largest absolute Gasteiger partial charge is 0.490 e. The third-order valence-electron chi connectivity index (χ3n) is 15.8. The Balaban J connectivity index is 0.658. The molecule has 3 aliphatic heterocycles. The Hall–Kier alpha value is -6.64. The highest BCUT2D eigenvalue weighted by molar-refractivity contribution is 7.22. The lowest BCUT2D eigenvalue weighted by atomic mass is 9.84. The van der Waals surface area contributed by atoms with Crippen molar-refractivity contribution in [1.29, 1.82) is 0 Å². The molecule has 3 aromatic heterocycles. The maximum absolute atomic E-state index is 12.9. The molecule has 1 saturated carbocycles. The highest BCUT2D eigenvalue weighted by atomic mass is 32.1. The third-order valence-corrected chi connectivity index (χ3v) is 16.8. The Labute approximate surface area is 418 Å². The number of aromatic nitrogens is 4. The molecule has 4 aliphatic rings. The van der Waals surface area contributed by atoms with Crippen LogP contribution < -0.4 is 20.3 Å². The van der Waals surface area contributed by atoms with Crippen LogP contribution >= 0.6 is 11.3 Å². The second-order valence-corrected chi connectivity index (χ2v) is 21.2. The first-order chi connectivity index (χ1) is 34.6. The maximum atomic E-state index is 12.9. The van der Waals surface area contributed by atoms with E-state index >= 15 is 0 Å². The summed E-state index contributed by atoms with van der Waals surface area (Å²) in [6, 6.07) is 31.1. The number of carboxylic acids is 1. The number of piperidine rings is 2. The molecule has 14 heteroatoms. The van der Waals surface area contributed by atoms with E-state index in [9.17, 15) is 19.5 Å². The van der Waals surface area contributed by atoms with Crippen LogP contribution in [-0.2, 0) is 36.1 Å². The second-order valence-electron chi connectivity index (χ2n) is 20.2. The number of aryl methyl sites for hydroxylation is 1. The van der Waals surface area contributed by atoms with Crippen LogP contribution in [0.1, 0.15) is 120 Å². The number of pyridine rings is 1. The van der Waals surface area contributed by atoms with Gasteiger partial charge < -0.3 is 25.0 Å². The number of aromatic carboxylic acids is 1. The minimum Gasteiger partial charge on any atom is -0.490 e. The number of carbonyl (C=O) groups excluding carboxylic acids is 2. The fourth-order valence-electron chi connectivity index (χ4n) is 11.7. The first-order valence-electron chi connectivity index (χ1n) is 25.6. The molecule has 0 bridgehead atoms. The Morgan fingerprint density at radius 1 is 0.873 bits per heavy atom. The minimum absolute atomic E-state index is 0.0512. The Bertz CT molecular complexity index is 3100. The average molecular weight is 971 g/mol. The van der Waals surface area contributed by atoms with Crippen LogP contribution in [0.4, 0.5) is 10.9 Å². The number of rotatable bonds is 14. The highest BCUT2D eigenvalue weighted by Gasteiger charge is 2.33. The topological polar surface area (TPSA) is 155 Å². The molecule has 11 rings (SSSR count). The average Bonchev–Trinajstić information content (AvgIpc) is 3.96. The van der Waals surface area contributed by atoms with E-state index in [0.29, 0.717) is 49.1 Å². The maximum Gasteiger partial charge on any atom is 0.355 e. The lowest BCUT2D eigenvalue weighted by Crippen LogP contribution is -2.39. The molecule has 71 heavy (non-hydrogen) atoms. The van der Waals surface area contributed by atoms with Crippen molar-refractivity contribution in [2.75, 3.05) is 36.4 Å². The Kier molecular flexibility index (Phi) is 13.3. The summed E-state index contributed by atoms with van der Waals surface area (Å²) < 4.78 is 9.76. The summed E-state index contributed by atoms with van der Waals surface area (Å²) in [4.78, 5) is 51.7. The number of thiazole rings is 1. The number of ether oxygens (including phenoxy) is 1. The lowest BCUT2D eigenvalue weighted by Gasteiger charge is -2.33. The summed E-state index contributed by atoms with van der Waals surface area (Å²) in [6.07, 6.45) is 10.9. The summed E-state index contributed by atoms with van der Waals surface area (Å²) in [7, 11) is 1.94. The van der Waals surface area contributed by atoms with Crippen molar-refractivity contribution < 1.29 is 24.2 Å². The molecule has 6 heterocycles. The van der Waals surface area contributed by atoms with Gasteiger partial charge in [0.15, 0.2) is 10.8 Å². The zero-order chi connectivity index (χ0) is 48.6. The molecule has 1 atom stereocenters. The first-order valence-corrected chi connectivity index (χ1v) is 26.4. The minimum atomic E-state index is -1.04. The summed E-state index contributed by atoms with van der Waals surface area (Å²) in [6.45, 7) is 7.42. The number of hydrogen-bond acceptors (Lipinski definition) is 11. The van der Waals surface area contributed by atoms with Gasteiger partial charge in [0.25, 0.3) is 0 Å². The van der Waals surface area contributed by atoms with Crippen LogP contribution in [0.5, 0.6) is 5.75 Å². The molecule has 4 aromatic carbocycles. The van der Waals surface area contributed by atoms with Crippen molar-refractivity contribution in [3.63, 3.8) is 0 Å². The Morgan fingerprint density at radius 2 is 1.70 bits per heavy atom. The molecule has 3 N–H and O–H groups in total. The quantitative estimate of drug-likeness (QED) is 0.0892. The summed E-state index contributed by atoms with van der Waals surface area (Å²) in [5, 5.41) is 23.2. The van der Waals surface area contributed by atoms with Gasteiger partial charge in [0.1, 0.15) is 11.6 Å². The lowest BCUT2D eigenvalue weighted by molar-refractivity contribution is -0.134. The molecule has 1 aliphatic carbocycles. The van der Waals surface area contributed by atoms with Gasteiger partial charge in [-0.05, 0) is 172 Å². The van der Waals surface area contributed by atoms with Gasteiger partial charge in [-0.1, -0.05) is 65.9 Å². The molecule has 0 spiro atoms. The number of fused-ring (bicyclic) bond motifs is 3. The molecule has 2 saturated heterocycles. The summed E-state index contributed by atoms with van der Waals surface area (Å²) in [5.41, 5.74) is 10.3. The van der Waals surface area contributed by atoms with Crippen molar-refractivity contribution in [1.82, 2.24) is 30.0 Å². The number of para-hydroxylation sites is 1. The number of nitrogens with zero attached hydrogens (tertiary/aromatic N) is 6. The van der Waals surface area contributed by atoms with E-state index in [-0.39, 0.29) is 29.5 Å². The van der Waals surface area contributed by atoms with Crippen LogP contribution in [0.25, 0.3) is 32.2 Å². The smallest absolute Gasteiger partial charge is 0.355 e. The van der Waals surface area contributed by atoms with E-state index in [4.69, 9.17) is 19.8 Å². The summed E-state index contributed by atoms with van der Waals surface area (Å²) >= 11 is 1.66. The van der Waals surface area contributed by atoms with Crippen molar-refractivity contribution in [3.8, 4) is 16.9 Å². The highest BCUT2D eigenvalue weighted by Crippen LogP contribution is 2.39. The third kappa shape index (κ3) is 9.88. The number of nitrogens with one attached hydrogen (secondary N) is 2. The van der Waals surface area contributed by atoms with E-state index in [1.807, 2.05) is 67.2 Å². The van der Waals surface area contributed by atoms with Crippen LogP contribution in [0.2, 0.25) is 0 Å². The predicted octanol–water partition coefficient (Wildman–Crippen LogP) is 10.5. The SMILES string of the molecule is Cc1c(OC2CCC(CCCN3CCC(c4ccc5c(C6CCC(=O)NC6=O)nn(C)c5c4)CC3)CC2)cccc1-c1ccc(N2CCc3cccc(CNc4nc5ccccc5s4)c3C2)nc1C(=O)O. The van der Waals surface area contributed by atoms with Crippen LogP contribution in [0, 0.1) is 12.8 Å². The van der Waals surface area contributed by atoms with Crippen LogP contribution in [0.15, 0.2) is 91.0 Å². The number of benzene rings is 4. The van der Waals surface area contributed by atoms with Gasteiger partial charge in [0.05, 0.1) is 33.4 Å². The fourth-order valence-corrected chi connectivity index (χ4v) is 12.6. The molecule has 1 unspecified atom stereocenters. The molecular weight excluding hydrogens is 909 g/mol. The van der Waals surface area contributed by atoms with Gasteiger partial charge in [-0.2, -0.15) is 5.10 Å². The van der Waals surface area contributed by atoms with E-state index < -0.39 is 5.97 Å². The van der Waals surface area contributed by atoms with E-state index in [1.54, 1.807) is 11.3 Å². The van der Waals surface area contributed by atoms with Gasteiger partial charge in [-0.15, -0.1) is 0 Å². The number of amides is 2. The number of carboxylic acid groups (broad SMARTS) is 1. The zero-order valence-corrected chi connectivity index (χ0v) is 41.5. The van der Waals surface area contributed by atoms with Crippen LogP contribution in [0.3, 0.4) is 0 Å². The van der Waals surface area contributed by atoms with Crippen molar-refractivity contribution in [3.05, 3.63) is 130 Å². The fraction of sp³-hybridized carbons (Fsp3) is 0.404. The second kappa shape index (κ2) is 20.2.